The van der Waals surface area contributed by atoms with Gasteiger partial charge in [-0.15, -0.1) is 5.10 Å². The number of aryl methyl sites for hydroxylation is 1. The second kappa shape index (κ2) is 6.64. The first-order valence-electron chi connectivity index (χ1n) is 6.20. The fourth-order valence-corrected chi connectivity index (χ4v) is 1.88. The molecule has 0 aliphatic carbocycles. The minimum Gasteiger partial charge on any atom is -0.476 e. The summed E-state index contributed by atoms with van der Waals surface area (Å²) in [5, 5.41) is 8.08. The summed E-state index contributed by atoms with van der Waals surface area (Å²) in [6, 6.07) is 0. The zero-order chi connectivity index (χ0) is 13.7. The first-order valence-corrected chi connectivity index (χ1v) is 6.60. The van der Waals surface area contributed by atoms with E-state index in [0.29, 0.717) is 29.0 Å². The summed E-state index contributed by atoms with van der Waals surface area (Å²) in [6.07, 6.45) is 2.11. The van der Waals surface area contributed by atoms with Gasteiger partial charge in [0, 0.05) is 0 Å². The third kappa shape index (κ3) is 3.91. The summed E-state index contributed by atoms with van der Waals surface area (Å²) in [6.45, 7) is 8.81. The molecule has 0 atom stereocenters. The van der Waals surface area contributed by atoms with Crippen molar-refractivity contribution in [2.75, 3.05) is 6.61 Å². The Kier molecular flexibility index (Phi) is 5.47. The minimum absolute atomic E-state index is 0.310. The fraction of sp³-hybridized carbons (Fsp3) is 0.615. The van der Waals surface area contributed by atoms with Crippen LogP contribution in [0.2, 0.25) is 0 Å². The van der Waals surface area contributed by atoms with E-state index in [0.717, 1.165) is 24.1 Å². The third-order valence-corrected chi connectivity index (χ3v) is 3.04. The smallest absolute Gasteiger partial charge is 0.244 e. The molecule has 0 bridgehead atoms. The van der Waals surface area contributed by atoms with Crippen LogP contribution in [0.3, 0.4) is 0 Å². The molecule has 0 saturated heterocycles. The highest BCUT2D eigenvalue weighted by atomic mass is 32.1. The van der Waals surface area contributed by atoms with Crippen LogP contribution in [0.1, 0.15) is 43.5 Å². The number of ether oxygens (including phenoxy) is 1. The highest BCUT2D eigenvalue weighted by Gasteiger charge is 2.14. The molecule has 1 rings (SSSR count). The highest BCUT2D eigenvalue weighted by molar-refractivity contribution is 7.80. The predicted molar refractivity (Wildman–Crippen MR) is 77.0 cm³/mol. The molecule has 0 aliphatic rings. The van der Waals surface area contributed by atoms with E-state index in [9.17, 15) is 0 Å². The van der Waals surface area contributed by atoms with Crippen LogP contribution < -0.4 is 10.5 Å². The molecule has 0 radical (unpaired) electrons. The molecule has 4 nitrogen and oxygen atoms in total. The lowest BCUT2D eigenvalue weighted by Crippen LogP contribution is -2.17. The van der Waals surface area contributed by atoms with Crippen molar-refractivity contribution in [1.82, 2.24) is 10.2 Å². The maximum Gasteiger partial charge on any atom is 0.244 e. The van der Waals surface area contributed by atoms with Gasteiger partial charge < -0.3 is 10.5 Å². The quantitative estimate of drug-likeness (QED) is 0.634. The van der Waals surface area contributed by atoms with Crippen LogP contribution in [-0.2, 0) is 0 Å². The van der Waals surface area contributed by atoms with E-state index in [2.05, 4.69) is 24.0 Å². The first-order chi connectivity index (χ1) is 8.43. The Morgan fingerprint density at radius 1 is 1.33 bits per heavy atom. The molecule has 100 valence electrons. The topological polar surface area (TPSA) is 61.0 Å². The van der Waals surface area contributed by atoms with Gasteiger partial charge in [-0.3, -0.25) is 0 Å². The summed E-state index contributed by atoms with van der Waals surface area (Å²) in [7, 11) is 0. The monoisotopic (exact) mass is 267 g/mol. The van der Waals surface area contributed by atoms with Crippen LogP contribution >= 0.6 is 12.2 Å². The second-order valence-corrected chi connectivity index (χ2v) is 5.28. The average Bonchev–Trinajstić information content (AvgIpc) is 2.28. The van der Waals surface area contributed by atoms with Crippen LogP contribution in [-0.4, -0.2) is 21.8 Å². The number of hydrogen-bond acceptors (Lipinski definition) is 4. The Hall–Kier alpha value is -1.23. The lowest BCUT2D eigenvalue weighted by Gasteiger charge is -2.12. The standard InChI is InChI=1S/C13H21N3OS/c1-8(2)6-5-7-17-13-11(12(14)18)9(3)10(4)15-16-13/h8H,5-7H2,1-4H3,(H2,14,18). The normalized spacial score (nSPS) is 10.7. The van der Waals surface area contributed by atoms with Crippen LogP contribution in [0.4, 0.5) is 0 Å². The van der Waals surface area contributed by atoms with E-state index < -0.39 is 0 Å². The number of aromatic nitrogens is 2. The molecule has 0 unspecified atom stereocenters. The van der Waals surface area contributed by atoms with Crippen molar-refractivity contribution in [3.8, 4) is 5.88 Å². The average molecular weight is 267 g/mol. The van der Waals surface area contributed by atoms with E-state index in [1.165, 1.54) is 0 Å². The first kappa shape index (κ1) is 14.8. The molecule has 2 N–H and O–H groups in total. The van der Waals surface area contributed by atoms with E-state index in [1.807, 2.05) is 13.8 Å². The van der Waals surface area contributed by atoms with E-state index in [1.54, 1.807) is 0 Å². The van der Waals surface area contributed by atoms with Gasteiger partial charge in [0.2, 0.25) is 5.88 Å². The van der Waals surface area contributed by atoms with Crippen LogP contribution in [0.15, 0.2) is 0 Å². The van der Waals surface area contributed by atoms with Crippen LogP contribution in [0.5, 0.6) is 5.88 Å². The third-order valence-electron chi connectivity index (χ3n) is 2.83. The molecule has 1 aromatic rings. The molecule has 0 amide bonds. The summed E-state index contributed by atoms with van der Waals surface area (Å²) in [5.74, 6) is 1.13. The summed E-state index contributed by atoms with van der Waals surface area (Å²) >= 11 is 5.05. The molecule has 0 spiro atoms. The molecule has 0 aromatic carbocycles. The van der Waals surface area contributed by atoms with Crippen molar-refractivity contribution in [3.05, 3.63) is 16.8 Å². The van der Waals surface area contributed by atoms with E-state index >= 15 is 0 Å². The predicted octanol–water partition coefficient (Wildman–Crippen LogP) is 2.54. The molecule has 18 heavy (non-hydrogen) atoms. The maximum absolute atomic E-state index is 5.72. The molecule has 0 fully saturated rings. The van der Waals surface area contributed by atoms with Crippen LogP contribution in [0, 0.1) is 19.8 Å². The summed E-state index contributed by atoms with van der Waals surface area (Å²) in [4.78, 5) is 0.310. The van der Waals surface area contributed by atoms with E-state index in [4.69, 9.17) is 22.7 Å². The Morgan fingerprint density at radius 3 is 2.56 bits per heavy atom. The van der Waals surface area contributed by atoms with Crippen LogP contribution in [0.25, 0.3) is 0 Å². The summed E-state index contributed by atoms with van der Waals surface area (Å²) < 4.78 is 5.64. The van der Waals surface area contributed by atoms with Gasteiger partial charge in [0.1, 0.15) is 4.99 Å². The largest absolute Gasteiger partial charge is 0.476 e. The molecule has 5 heteroatoms. The molecular formula is C13H21N3OS. The maximum atomic E-state index is 5.72. The fourth-order valence-electron chi connectivity index (χ4n) is 1.64. The molecule has 0 saturated carbocycles. The second-order valence-electron chi connectivity index (χ2n) is 4.84. The lowest BCUT2D eigenvalue weighted by atomic mass is 10.1. The van der Waals surface area contributed by atoms with Gasteiger partial charge in [0.15, 0.2) is 0 Å². The number of nitrogens with two attached hydrogens (primary N) is 1. The Labute approximate surface area is 114 Å². The number of thiocarbonyl (C=S) groups is 1. The van der Waals surface area contributed by atoms with Crippen molar-refractivity contribution in [2.45, 2.75) is 40.5 Å². The number of nitrogens with zero attached hydrogens (tertiary/aromatic N) is 2. The molecular weight excluding hydrogens is 246 g/mol. The van der Waals surface area contributed by atoms with Gasteiger partial charge in [-0.25, -0.2) is 0 Å². The Balaban J connectivity index is 2.76. The van der Waals surface area contributed by atoms with Crippen molar-refractivity contribution >= 4 is 17.2 Å². The van der Waals surface area contributed by atoms with Crippen molar-refractivity contribution in [2.24, 2.45) is 11.7 Å². The molecule has 1 heterocycles. The zero-order valence-corrected chi connectivity index (χ0v) is 12.3. The Bertz CT molecular complexity index is 432. The van der Waals surface area contributed by atoms with Gasteiger partial charge in [0.05, 0.1) is 17.9 Å². The van der Waals surface area contributed by atoms with Gasteiger partial charge in [-0.2, -0.15) is 5.10 Å². The van der Waals surface area contributed by atoms with Crippen molar-refractivity contribution < 1.29 is 4.74 Å². The Morgan fingerprint density at radius 2 is 2.00 bits per heavy atom. The van der Waals surface area contributed by atoms with Crippen molar-refractivity contribution in [1.29, 1.82) is 0 Å². The lowest BCUT2D eigenvalue weighted by molar-refractivity contribution is 0.283. The number of rotatable bonds is 6. The molecule has 0 aliphatic heterocycles. The van der Waals surface area contributed by atoms with Crippen molar-refractivity contribution in [3.63, 3.8) is 0 Å². The van der Waals surface area contributed by atoms with Gasteiger partial charge in [0.25, 0.3) is 0 Å². The van der Waals surface area contributed by atoms with Gasteiger partial charge >= 0.3 is 0 Å². The van der Waals surface area contributed by atoms with Gasteiger partial charge in [-0.1, -0.05) is 26.1 Å². The SMILES string of the molecule is Cc1nnc(OCCCC(C)C)c(C(N)=S)c1C. The number of hydrogen-bond donors (Lipinski definition) is 1. The minimum atomic E-state index is 0.310. The van der Waals surface area contributed by atoms with Gasteiger partial charge in [-0.05, 0) is 38.2 Å². The summed E-state index contributed by atoms with van der Waals surface area (Å²) in [5.41, 5.74) is 8.20. The van der Waals surface area contributed by atoms with E-state index in [-0.39, 0.29) is 0 Å². The highest BCUT2D eigenvalue weighted by Crippen LogP contribution is 2.20. The zero-order valence-electron chi connectivity index (χ0n) is 11.5. The molecule has 1 aromatic heterocycles.